The lowest BCUT2D eigenvalue weighted by atomic mass is 10.2. The van der Waals surface area contributed by atoms with Crippen molar-refractivity contribution >= 4 is 45.7 Å². The van der Waals surface area contributed by atoms with Crippen LogP contribution in [0.25, 0.3) is 10.6 Å². The van der Waals surface area contributed by atoms with Crippen molar-refractivity contribution in [2.75, 3.05) is 5.32 Å². The highest BCUT2D eigenvalue weighted by Crippen LogP contribution is 2.30. The van der Waals surface area contributed by atoms with E-state index in [1.807, 2.05) is 62.4 Å². The van der Waals surface area contributed by atoms with Gasteiger partial charge in [0.05, 0.1) is 5.25 Å². The van der Waals surface area contributed by atoms with Gasteiger partial charge in [0.1, 0.15) is 5.01 Å². The molecule has 134 valence electrons. The summed E-state index contributed by atoms with van der Waals surface area (Å²) in [7, 11) is 0. The number of anilines is 1. The molecule has 3 rings (SSSR count). The maximum Gasteiger partial charge on any atom is 0.239 e. The molecule has 4 nitrogen and oxygen atoms in total. The van der Waals surface area contributed by atoms with Crippen LogP contribution >= 0.6 is 34.7 Å². The Balaban J connectivity index is 1.66. The summed E-state index contributed by atoms with van der Waals surface area (Å²) in [4.78, 5) is 13.6. The lowest BCUT2D eigenvalue weighted by Crippen LogP contribution is -2.24. The molecule has 0 aliphatic rings. The molecule has 0 unspecified atom stereocenters. The number of hydrogen-bond donors (Lipinski definition) is 1. The average Bonchev–Trinajstić information content (AvgIpc) is 3.10. The third-order valence-corrected chi connectivity index (χ3v) is 6.22. The van der Waals surface area contributed by atoms with Gasteiger partial charge in [-0.15, -0.1) is 22.0 Å². The zero-order valence-corrected chi connectivity index (χ0v) is 16.8. The standard InChI is InChI=1S/C19H18ClN3OS2/c1-3-16(25-15-10-8-14(20)9-11-15)17(24)21-19-23-22-18(26-19)13-6-4-12(2)5-7-13/h4-11,16H,3H2,1-2H3,(H,21,23,24)/t16-/m0/s1. The van der Waals surface area contributed by atoms with E-state index in [9.17, 15) is 4.79 Å². The maximum absolute atomic E-state index is 12.6. The number of nitrogens with zero attached hydrogens (tertiary/aromatic N) is 2. The highest BCUT2D eigenvalue weighted by molar-refractivity contribution is 8.00. The molecule has 0 saturated heterocycles. The van der Waals surface area contributed by atoms with E-state index >= 15 is 0 Å². The van der Waals surface area contributed by atoms with Crippen LogP contribution in [0.3, 0.4) is 0 Å². The van der Waals surface area contributed by atoms with Gasteiger partial charge in [-0.25, -0.2) is 0 Å². The number of nitrogens with one attached hydrogen (secondary N) is 1. The number of thioether (sulfide) groups is 1. The van der Waals surface area contributed by atoms with E-state index in [2.05, 4.69) is 15.5 Å². The van der Waals surface area contributed by atoms with Gasteiger partial charge in [0.25, 0.3) is 0 Å². The molecule has 1 heterocycles. The molecule has 26 heavy (non-hydrogen) atoms. The molecule has 0 radical (unpaired) electrons. The van der Waals surface area contributed by atoms with Crippen molar-refractivity contribution in [3.8, 4) is 10.6 Å². The van der Waals surface area contributed by atoms with Gasteiger partial charge in [0.15, 0.2) is 0 Å². The Morgan fingerprint density at radius 1 is 1.15 bits per heavy atom. The van der Waals surface area contributed by atoms with Crippen LogP contribution in [0.15, 0.2) is 53.4 Å². The van der Waals surface area contributed by atoms with E-state index in [1.54, 1.807) is 0 Å². The van der Waals surface area contributed by atoms with E-state index < -0.39 is 0 Å². The number of hydrogen-bond acceptors (Lipinski definition) is 5. The first-order valence-corrected chi connectivity index (χ1v) is 10.3. The molecule has 1 amide bonds. The number of amides is 1. The molecular formula is C19H18ClN3OS2. The minimum absolute atomic E-state index is 0.0703. The fourth-order valence-corrected chi connectivity index (χ4v) is 4.10. The van der Waals surface area contributed by atoms with Crippen molar-refractivity contribution in [3.63, 3.8) is 0 Å². The summed E-state index contributed by atoms with van der Waals surface area (Å²) in [6.07, 6.45) is 0.711. The van der Waals surface area contributed by atoms with Gasteiger partial charge in [0, 0.05) is 15.5 Å². The van der Waals surface area contributed by atoms with Crippen LogP contribution in [-0.2, 0) is 4.79 Å². The summed E-state index contributed by atoms with van der Waals surface area (Å²) < 4.78 is 0. The number of carbonyl (C=O) groups excluding carboxylic acids is 1. The molecule has 0 fully saturated rings. The quantitative estimate of drug-likeness (QED) is 0.538. The second kappa shape index (κ2) is 8.66. The van der Waals surface area contributed by atoms with Crippen LogP contribution in [0.4, 0.5) is 5.13 Å². The number of aryl methyl sites for hydroxylation is 1. The molecule has 0 saturated carbocycles. The zero-order chi connectivity index (χ0) is 18.5. The molecule has 0 spiro atoms. The fourth-order valence-electron chi connectivity index (χ4n) is 2.27. The fraction of sp³-hybridized carbons (Fsp3) is 0.211. The van der Waals surface area contributed by atoms with E-state index in [0.29, 0.717) is 16.6 Å². The second-order valence-corrected chi connectivity index (χ2v) is 8.43. The van der Waals surface area contributed by atoms with Gasteiger partial charge in [-0.2, -0.15) is 0 Å². The Bertz CT molecular complexity index is 879. The van der Waals surface area contributed by atoms with Crippen LogP contribution in [0.2, 0.25) is 5.02 Å². The van der Waals surface area contributed by atoms with Gasteiger partial charge in [0.2, 0.25) is 11.0 Å². The van der Waals surface area contributed by atoms with Crippen molar-refractivity contribution in [2.24, 2.45) is 0 Å². The molecule has 7 heteroatoms. The Labute approximate surface area is 166 Å². The Morgan fingerprint density at radius 2 is 1.85 bits per heavy atom. The first-order valence-electron chi connectivity index (χ1n) is 8.19. The molecule has 2 aromatic carbocycles. The lowest BCUT2D eigenvalue weighted by molar-refractivity contribution is -0.115. The van der Waals surface area contributed by atoms with E-state index in [0.717, 1.165) is 15.5 Å². The zero-order valence-electron chi connectivity index (χ0n) is 14.4. The third-order valence-electron chi connectivity index (χ3n) is 3.71. The van der Waals surface area contributed by atoms with Gasteiger partial charge in [-0.05, 0) is 37.6 Å². The Morgan fingerprint density at radius 3 is 2.50 bits per heavy atom. The minimum Gasteiger partial charge on any atom is -0.300 e. The van der Waals surface area contributed by atoms with E-state index in [4.69, 9.17) is 11.6 Å². The summed E-state index contributed by atoms with van der Waals surface area (Å²) in [5.41, 5.74) is 2.19. The molecular weight excluding hydrogens is 386 g/mol. The third kappa shape index (κ3) is 4.84. The molecule has 0 aliphatic carbocycles. The largest absolute Gasteiger partial charge is 0.300 e. The van der Waals surface area contributed by atoms with Gasteiger partial charge in [-0.3, -0.25) is 10.1 Å². The normalized spacial score (nSPS) is 12.0. The first-order chi connectivity index (χ1) is 12.5. The van der Waals surface area contributed by atoms with Crippen molar-refractivity contribution in [2.45, 2.75) is 30.4 Å². The minimum atomic E-state index is -0.206. The molecule has 1 atom stereocenters. The van der Waals surface area contributed by atoms with Crippen molar-refractivity contribution in [1.82, 2.24) is 10.2 Å². The second-order valence-electron chi connectivity index (χ2n) is 5.74. The summed E-state index contributed by atoms with van der Waals surface area (Å²) in [5, 5.41) is 12.9. The van der Waals surface area contributed by atoms with Crippen LogP contribution < -0.4 is 5.32 Å². The average molecular weight is 404 g/mol. The molecule has 1 N–H and O–H groups in total. The van der Waals surface area contributed by atoms with Crippen LogP contribution in [0, 0.1) is 6.92 Å². The SMILES string of the molecule is CC[C@H](Sc1ccc(Cl)cc1)C(=O)Nc1nnc(-c2ccc(C)cc2)s1. The number of benzene rings is 2. The monoisotopic (exact) mass is 403 g/mol. The molecule has 1 aromatic heterocycles. The molecule has 3 aromatic rings. The number of rotatable bonds is 6. The Kier molecular flexibility index (Phi) is 6.29. The van der Waals surface area contributed by atoms with Crippen LogP contribution in [0.1, 0.15) is 18.9 Å². The smallest absolute Gasteiger partial charge is 0.239 e. The highest BCUT2D eigenvalue weighted by atomic mass is 35.5. The summed E-state index contributed by atoms with van der Waals surface area (Å²) in [5.74, 6) is -0.0703. The number of halogens is 1. The van der Waals surface area contributed by atoms with Gasteiger partial charge >= 0.3 is 0 Å². The maximum atomic E-state index is 12.6. The van der Waals surface area contributed by atoms with Crippen molar-refractivity contribution in [1.29, 1.82) is 0 Å². The van der Waals surface area contributed by atoms with Crippen molar-refractivity contribution < 1.29 is 4.79 Å². The summed E-state index contributed by atoms with van der Waals surface area (Å²) in [6.45, 7) is 4.03. The topological polar surface area (TPSA) is 54.9 Å². The highest BCUT2D eigenvalue weighted by Gasteiger charge is 2.20. The first kappa shape index (κ1) is 18.9. The molecule has 0 bridgehead atoms. The Hall–Kier alpha value is -1.89. The number of aromatic nitrogens is 2. The summed E-state index contributed by atoms with van der Waals surface area (Å²) in [6, 6.07) is 15.6. The van der Waals surface area contributed by atoms with Crippen LogP contribution in [-0.4, -0.2) is 21.4 Å². The number of carbonyl (C=O) groups is 1. The predicted molar refractivity (Wildman–Crippen MR) is 110 cm³/mol. The summed E-state index contributed by atoms with van der Waals surface area (Å²) >= 11 is 8.80. The predicted octanol–water partition coefficient (Wildman–Crippen LogP) is 5.68. The van der Waals surface area contributed by atoms with Gasteiger partial charge in [-0.1, -0.05) is 59.7 Å². The molecule has 0 aliphatic heterocycles. The lowest BCUT2D eigenvalue weighted by Gasteiger charge is -2.13. The van der Waals surface area contributed by atoms with E-state index in [1.165, 1.54) is 28.7 Å². The van der Waals surface area contributed by atoms with Gasteiger partial charge < -0.3 is 0 Å². The van der Waals surface area contributed by atoms with E-state index in [-0.39, 0.29) is 11.2 Å². The van der Waals surface area contributed by atoms with Crippen molar-refractivity contribution in [3.05, 3.63) is 59.1 Å². The van der Waals surface area contributed by atoms with Crippen LogP contribution in [0.5, 0.6) is 0 Å².